The fourth-order valence-electron chi connectivity index (χ4n) is 4.23. The first-order valence-corrected chi connectivity index (χ1v) is 11.3. The van der Waals surface area contributed by atoms with Gasteiger partial charge in [0.2, 0.25) is 11.8 Å². The molecule has 33 heavy (non-hydrogen) atoms. The third-order valence-corrected chi connectivity index (χ3v) is 6.26. The molecule has 9 heteroatoms. The zero-order valence-electron chi connectivity index (χ0n) is 18.2. The zero-order chi connectivity index (χ0) is 23.4. The fraction of sp³-hybridized carbons (Fsp3) is 0.458. The summed E-state index contributed by atoms with van der Waals surface area (Å²) in [5, 5.41) is 18.6. The topological polar surface area (TPSA) is 131 Å². The molecule has 0 radical (unpaired) electrons. The minimum absolute atomic E-state index is 0.0845. The van der Waals surface area contributed by atoms with Crippen LogP contribution < -0.4 is 16.0 Å². The van der Waals surface area contributed by atoms with Crippen molar-refractivity contribution in [2.75, 3.05) is 6.54 Å². The van der Waals surface area contributed by atoms with Crippen molar-refractivity contribution in [1.29, 1.82) is 5.26 Å². The van der Waals surface area contributed by atoms with Crippen LogP contribution in [0.15, 0.2) is 24.3 Å². The van der Waals surface area contributed by atoms with Gasteiger partial charge < -0.3 is 20.9 Å². The number of amides is 3. The van der Waals surface area contributed by atoms with Gasteiger partial charge in [-0.3, -0.25) is 14.4 Å². The Kier molecular flexibility index (Phi) is 6.60. The fourth-order valence-corrected chi connectivity index (χ4v) is 4.23. The molecule has 1 aromatic carbocycles. The number of aromatic amines is 1. The number of carbonyl (C=O) groups excluding carboxylic acids is 3. The number of nitrogens with zero attached hydrogens (tertiary/aromatic N) is 2. The molecule has 1 saturated heterocycles. The van der Waals surface area contributed by atoms with Gasteiger partial charge in [0.15, 0.2) is 5.69 Å². The van der Waals surface area contributed by atoms with Crippen LogP contribution in [0, 0.1) is 29.7 Å². The molecule has 0 unspecified atom stereocenters. The minimum atomic E-state index is -0.801. The van der Waals surface area contributed by atoms with Crippen LogP contribution in [0.4, 0.5) is 5.69 Å². The Morgan fingerprint density at radius 2 is 2.03 bits per heavy atom. The second-order valence-electron chi connectivity index (χ2n) is 8.83. The molecule has 3 amide bonds. The number of aromatic nitrogens is 1. The molecular weight excluding hydrogens is 420 g/mol. The number of nitrogens with one attached hydrogen (secondary N) is 4. The van der Waals surface area contributed by atoms with E-state index < -0.39 is 23.9 Å². The first kappa shape index (κ1) is 22.3. The van der Waals surface area contributed by atoms with E-state index in [0.717, 1.165) is 30.2 Å². The summed E-state index contributed by atoms with van der Waals surface area (Å²) in [6.45, 7) is 7.77. The molecule has 0 spiro atoms. The van der Waals surface area contributed by atoms with E-state index in [1.54, 1.807) is 24.3 Å². The smallest absolute Gasteiger partial charge is 0.268 e. The van der Waals surface area contributed by atoms with Gasteiger partial charge in [0.1, 0.15) is 17.8 Å². The number of benzene rings is 1. The lowest BCUT2D eigenvalue weighted by atomic mass is 9.92. The first-order valence-electron chi connectivity index (χ1n) is 11.3. The van der Waals surface area contributed by atoms with Crippen molar-refractivity contribution in [1.82, 2.24) is 20.9 Å². The summed E-state index contributed by atoms with van der Waals surface area (Å²) in [5.74, 6) is -0.846. The van der Waals surface area contributed by atoms with Crippen LogP contribution in [0.3, 0.4) is 0 Å². The molecule has 1 aliphatic carbocycles. The lowest BCUT2D eigenvalue weighted by Crippen LogP contribution is -2.50. The highest BCUT2D eigenvalue weighted by Gasteiger charge is 2.33. The SMILES string of the molecule is [C-]#[N+]c1ccc2[nH]c(C(=O)N[C@@H](CC3CC3)C(=O)N[C@H](C#N)C[C@@H]3CCCNC3=O)cc2c1. The molecule has 4 N–H and O–H groups in total. The maximum atomic E-state index is 13.0. The highest BCUT2D eigenvalue weighted by Crippen LogP contribution is 2.33. The van der Waals surface area contributed by atoms with E-state index in [1.807, 2.05) is 0 Å². The maximum Gasteiger partial charge on any atom is 0.268 e. The van der Waals surface area contributed by atoms with Crippen LogP contribution in [-0.4, -0.2) is 41.3 Å². The molecule has 2 aromatic rings. The van der Waals surface area contributed by atoms with E-state index in [0.29, 0.717) is 36.7 Å². The van der Waals surface area contributed by atoms with E-state index in [1.165, 1.54) is 0 Å². The Morgan fingerprint density at radius 1 is 1.21 bits per heavy atom. The Hall–Kier alpha value is -3.85. The highest BCUT2D eigenvalue weighted by molar-refractivity contribution is 6.00. The van der Waals surface area contributed by atoms with Crippen LogP contribution in [0.5, 0.6) is 0 Å². The molecule has 2 heterocycles. The molecule has 2 aliphatic rings. The Morgan fingerprint density at radius 3 is 2.73 bits per heavy atom. The standard InChI is InChI=1S/C24H26N6O3/c1-26-17-6-7-19-16(11-17)12-21(29-19)24(33)30-20(9-14-4-5-14)23(32)28-18(13-25)10-15-3-2-8-27-22(15)31/h6-7,11-12,14-15,18,20,29H,2-5,8-10H2,(H,27,31)(H,28,32)(H,30,33)/t15-,18-,20-/m0/s1. The third-order valence-electron chi connectivity index (χ3n) is 6.26. The molecular formula is C24H26N6O3. The van der Waals surface area contributed by atoms with E-state index in [9.17, 15) is 19.6 Å². The Labute approximate surface area is 191 Å². The van der Waals surface area contributed by atoms with Gasteiger partial charge in [0.05, 0.1) is 12.6 Å². The summed E-state index contributed by atoms with van der Waals surface area (Å²) >= 11 is 0. The van der Waals surface area contributed by atoms with Crippen LogP contribution >= 0.6 is 0 Å². The zero-order valence-corrected chi connectivity index (χ0v) is 18.2. The molecule has 1 aromatic heterocycles. The van der Waals surface area contributed by atoms with Gasteiger partial charge in [0.25, 0.3) is 5.91 Å². The number of hydrogen-bond acceptors (Lipinski definition) is 4. The molecule has 9 nitrogen and oxygen atoms in total. The van der Waals surface area contributed by atoms with Crippen molar-refractivity contribution in [2.24, 2.45) is 11.8 Å². The molecule has 3 atom stereocenters. The lowest BCUT2D eigenvalue weighted by molar-refractivity contribution is -0.128. The second-order valence-corrected chi connectivity index (χ2v) is 8.83. The monoisotopic (exact) mass is 446 g/mol. The minimum Gasteiger partial charge on any atom is -0.356 e. The van der Waals surface area contributed by atoms with Gasteiger partial charge in [-0.25, -0.2) is 4.85 Å². The van der Waals surface area contributed by atoms with Crippen molar-refractivity contribution in [3.8, 4) is 6.07 Å². The molecule has 1 saturated carbocycles. The largest absolute Gasteiger partial charge is 0.356 e. The third kappa shape index (κ3) is 5.50. The molecule has 1 aliphatic heterocycles. The van der Waals surface area contributed by atoms with E-state index in [2.05, 4.69) is 31.8 Å². The predicted molar refractivity (Wildman–Crippen MR) is 121 cm³/mol. The Bertz CT molecular complexity index is 1150. The summed E-state index contributed by atoms with van der Waals surface area (Å²) in [7, 11) is 0. The van der Waals surface area contributed by atoms with Gasteiger partial charge in [0, 0.05) is 18.0 Å². The van der Waals surface area contributed by atoms with E-state index in [-0.39, 0.29) is 18.2 Å². The average molecular weight is 447 g/mol. The first-order chi connectivity index (χ1) is 16.0. The van der Waals surface area contributed by atoms with Crippen molar-refractivity contribution in [2.45, 2.75) is 50.6 Å². The number of carbonyl (C=O) groups is 3. The summed E-state index contributed by atoms with van der Waals surface area (Å²) in [6.07, 6.45) is 4.32. The summed E-state index contributed by atoms with van der Waals surface area (Å²) in [5.41, 5.74) is 1.51. The van der Waals surface area contributed by atoms with Gasteiger partial charge >= 0.3 is 0 Å². The van der Waals surface area contributed by atoms with Gasteiger partial charge in [-0.1, -0.05) is 18.9 Å². The van der Waals surface area contributed by atoms with Crippen molar-refractivity contribution in [3.63, 3.8) is 0 Å². The summed E-state index contributed by atoms with van der Waals surface area (Å²) in [6, 6.07) is 7.28. The Balaban J connectivity index is 1.43. The number of fused-ring (bicyclic) bond motifs is 1. The highest BCUT2D eigenvalue weighted by atomic mass is 16.2. The summed E-state index contributed by atoms with van der Waals surface area (Å²) in [4.78, 5) is 44.4. The number of rotatable bonds is 8. The van der Waals surface area contributed by atoms with Crippen LogP contribution in [0.1, 0.15) is 49.0 Å². The molecule has 170 valence electrons. The lowest BCUT2D eigenvalue weighted by Gasteiger charge is -2.25. The maximum absolute atomic E-state index is 13.0. The number of nitriles is 1. The molecule has 4 rings (SSSR count). The van der Waals surface area contributed by atoms with Crippen molar-refractivity contribution >= 4 is 34.3 Å². The second kappa shape index (κ2) is 9.74. The normalized spacial score (nSPS) is 19.6. The van der Waals surface area contributed by atoms with Crippen molar-refractivity contribution < 1.29 is 14.4 Å². The van der Waals surface area contributed by atoms with Gasteiger partial charge in [-0.2, -0.15) is 5.26 Å². The molecule has 2 fully saturated rings. The number of H-pyrrole nitrogens is 1. The van der Waals surface area contributed by atoms with Crippen LogP contribution in [0.2, 0.25) is 0 Å². The quantitative estimate of drug-likeness (QED) is 0.464. The van der Waals surface area contributed by atoms with Gasteiger partial charge in [-0.05, 0) is 55.2 Å². The number of piperidine rings is 1. The summed E-state index contributed by atoms with van der Waals surface area (Å²) < 4.78 is 0. The number of hydrogen-bond donors (Lipinski definition) is 4. The average Bonchev–Trinajstić information content (AvgIpc) is 3.53. The van der Waals surface area contributed by atoms with Crippen molar-refractivity contribution in [3.05, 3.63) is 41.4 Å². The predicted octanol–water partition coefficient (Wildman–Crippen LogP) is 2.54. The van der Waals surface area contributed by atoms with Crippen LogP contribution in [-0.2, 0) is 9.59 Å². The van der Waals surface area contributed by atoms with Gasteiger partial charge in [-0.15, -0.1) is 0 Å². The van der Waals surface area contributed by atoms with E-state index in [4.69, 9.17) is 6.57 Å². The molecule has 0 bridgehead atoms. The van der Waals surface area contributed by atoms with Crippen LogP contribution in [0.25, 0.3) is 15.7 Å². The van der Waals surface area contributed by atoms with E-state index >= 15 is 0 Å².